The van der Waals surface area contributed by atoms with Gasteiger partial charge in [-0.2, -0.15) is 0 Å². The van der Waals surface area contributed by atoms with Gasteiger partial charge in [0.1, 0.15) is 5.75 Å². The van der Waals surface area contributed by atoms with Gasteiger partial charge in [0.25, 0.3) is 0 Å². The number of hydrogen-bond donors (Lipinski definition) is 0. The van der Waals surface area contributed by atoms with Crippen molar-refractivity contribution in [1.29, 1.82) is 0 Å². The molecule has 100 valence electrons. The van der Waals surface area contributed by atoms with Crippen molar-refractivity contribution in [3.8, 4) is 5.75 Å². The number of ether oxygens (including phenoxy) is 1. The summed E-state index contributed by atoms with van der Waals surface area (Å²) in [5, 5.41) is 0. The van der Waals surface area contributed by atoms with E-state index in [1.54, 1.807) is 6.20 Å². The SMILES string of the molecule is CC(C)c1cccc(OCCCc2cccnc2)c1. The molecule has 2 nitrogen and oxygen atoms in total. The van der Waals surface area contributed by atoms with Gasteiger partial charge in [0.05, 0.1) is 6.61 Å². The zero-order valence-corrected chi connectivity index (χ0v) is 11.7. The molecule has 1 heterocycles. The Labute approximate surface area is 115 Å². The minimum absolute atomic E-state index is 0.541. The molecule has 0 bridgehead atoms. The highest BCUT2D eigenvalue weighted by Gasteiger charge is 2.01. The first-order valence-corrected chi connectivity index (χ1v) is 6.87. The van der Waals surface area contributed by atoms with Crippen LogP contribution >= 0.6 is 0 Å². The minimum Gasteiger partial charge on any atom is -0.494 e. The first-order chi connectivity index (χ1) is 9.25. The van der Waals surface area contributed by atoms with Gasteiger partial charge in [-0.15, -0.1) is 0 Å². The third-order valence-electron chi connectivity index (χ3n) is 3.13. The molecule has 0 aliphatic rings. The maximum absolute atomic E-state index is 5.80. The molecule has 2 heteroatoms. The molecule has 0 atom stereocenters. The molecule has 0 fully saturated rings. The first kappa shape index (κ1) is 13.6. The third-order valence-corrected chi connectivity index (χ3v) is 3.13. The van der Waals surface area contributed by atoms with Crippen LogP contribution in [0.2, 0.25) is 0 Å². The summed E-state index contributed by atoms with van der Waals surface area (Å²) in [6, 6.07) is 12.4. The molecular weight excluding hydrogens is 234 g/mol. The molecule has 19 heavy (non-hydrogen) atoms. The molecule has 2 aromatic rings. The Morgan fingerprint density at radius 1 is 1.16 bits per heavy atom. The summed E-state index contributed by atoms with van der Waals surface area (Å²) in [6.07, 6.45) is 5.74. The summed E-state index contributed by atoms with van der Waals surface area (Å²) >= 11 is 0. The standard InChI is InChI=1S/C17H21NO/c1-14(2)16-8-3-9-17(12-16)19-11-5-7-15-6-4-10-18-13-15/h3-4,6,8-10,12-14H,5,7,11H2,1-2H3. The van der Waals surface area contributed by atoms with E-state index in [1.807, 2.05) is 18.3 Å². The Balaban J connectivity index is 1.78. The molecule has 0 N–H and O–H groups in total. The highest BCUT2D eigenvalue weighted by Crippen LogP contribution is 2.20. The first-order valence-electron chi connectivity index (χ1n) is 6.87. The van der Waals surface area contributed by atoms with Gasteiger partial charge in [-0.3, -0.25) is 4.98 Å². The second-order valence-electron chi connectivity index (χ2n) is 5.04. The van der Waals surface area contributed by atoms with E-state index in [4.69, 9.17) is 4.74 Å². The summed E-state index contributed by atoms with van der Waals surface area (Å²) < 4.78 is 5.80. The van der Waals surface area contributed by atoms with Crippen LogP contribution in [0.1, 0.15) is 37.3 Å². The Bertz CT molecular complexity index is 494. The molecular formula is C17H21NO. The van der Waals surface area contributed by atoms with E-state index in [1.165, 1.54) is 11.1 Å². The normalized spacial score (nSPS) is 10.7. The topological polar surface area (TPSA) is 22.1 Å². The summed E-state index contributed by atoms with van der Waals surface area (Å²) in [4.78, 5) is 4.11. The van der Waals surface area contributed by atoms with Gasteiger partial charge in [-0.05, 0) is 48.1 Å². The number of hydrogen-bond acceptors (Lipinski definition) is 2. The van der Waals surface area contributed by atoms with Gasteiger partial charge in [0.2, 0.25) is 0 Å². The number of rotatable bonds is 6. The predicted molar refractivity (Wildman–Crippen MR) is 78.6 cm³/mol. The lowest BCUT2D eigenvalue weighted by Crippen LogP contribution is -2.00. The number of benzene rings is 1. The van der Waals surface area contributed by atoms with Crippen LogP contribution in [0.5, 0.6) is 5.75 Å². The maximum Gasteiger partial charge on any atom is 0.119 e. The predicted octanol–water partition coefficient (Wildman–Crippen LogP) is 4.22. The highest BCUT2D eigenvalue weighted by atomic mass is 16.5. The minimum atomic E-state index is 0.541. The van der Waals surface area contributed by atoms with Crippen LogP contribution in [0.3, 0.4) is 0 Å². The van der Waals surface area contributed by atoms with Crippen LogP contribution in [0.25, 0.3) is 0 Å². The fourth-order valence-electron chi connectivity index (χ4n) is 1.98. The molecule has 0 radical (unpaired) electrons. The molecule has 2 rings (SSSR count). The van der Waals surface area contributed by atoms with Crippen molar-refractivity contribution in [2.45, 2.75) is 32.6 Å². The molecule has 0 saturated carbocycles. The lowest BCUT2D eigenvalue weighted by atomic mass is 10.0. The van der Waals surface area contributed by atoms with Gasteiger partial charge in [-0.25, -0.2) is 0 Å². The van der Waals surface area contributed by atoms with E-state index in [-0.39, 0.29) is 0 Å². The number of pyridine rings is 1. The van der Waals surface area contributed by atoms with Crippen molar-refractivity contribution in [2.24, 2.45) is 0 Å². The Hall–Kier alpha value is -1.83. The van der Waals surface area contributed by atoms with Crippen LogP contribution in [0.15, 0.2) is 48.8 Å². The number of aryl methyl sites for hydroxylation is 1. The zero-order valence-electron chi connectivity index (χ0n) is 11.7. The highest BCUT2D eigenvalue weighted by molar-refractivity contribution is 5.30. The Morgan fingerprint density at radius 3 is 2.79 bits per heavy atom. The molecule has 0 spiro atoms. The molecule has 1 aromatic heterocycles. The van der Waals surface area contributed by atoms with Crippen molar-refractivity contribution in [3.63, 3.8) is 0 Å². The second kappa shape index (κ2) is 6.93. The Morgan fingerprint density at radius 2 is 2.05 bits per heavy atom. The maximum atomic E-state index is 5.80. The van der Waals surface area contributed by atoms with Crippen LogP contribution < -0.4 is 4.74 Å². The lowest BCUT2D eigenvalue weighted by Gasteiger charge is -2.10. The number of nitrogens with zero attached hydrogens (tertiary/aromatic N) is 1. The largest absolute Gasteiger partial charge is 0.494 e. The smallest absolute Gasteiger partial charge is 0.119 e. The summed E-state index contributed by atoms with van der Waals surface area (Å²) in [5.74, 6) is 1.51. The van der Waals surface area contributed by atoms with E-state index in [9.17, 15) is 0 Å². The van der Waals surface area contributed by atoms with Gasteiger partial charge in [0.15, 0.2) is 0 Å². The van der Waals surface area contributed by atoms with Gasteiger partial charge in [-0.1, -0.05) is 32.0 Å². The fraction of sp³-hybridized carbons (Fsp3) is 0.353. The van der Waals surface area contributed by atoms with Gasteiger partial charge >= 0.3 is 0 Å². The molecule has 0 aliphatic heterocycles. The lowest BCUT2D eigenvalue weighted by molar-refractivity contribution is 0.310. The average molecular weight is 255 g/mol. The molecule has 0 aliphatic carbocycles. The van der Waals surface area contributed by atoms with Crippen LogP contribution in [-0.2, 0) is 6.42 Å². The fourth-order valence-corrected chi connectivity index (χ4v) is 1.98. The van der Waals surface area contributed by atoms with E-state index in [0.29, 0.717) is 5.92 Å². The number of aromatic nitrogens is 1. The molecule has 0 amide bonds. The monoisotopic (exact) mass is 255 g/mol. The van der Waals surface area contributed by atoms with Crippen molar-refractivity contribution in [3.05, 3.63) is 59.9 Å². The second-order valence-corrected chi connectivity index (χ2v) is 5.04. The van der Waals surface area contributed by atoms with Crippen molar-refractivity contribution in [2.75, 3.05) is 6.61 Å². The zero-order chi connectivity index (χ0) is 13.5. The molecule has 1 aromatic carbocycles. The summed E-state index contributed by atoms with van der Waals surface area (Å²) in [5.41, 5.74) is 2.59. The van der Waals surface area contributed by atoms with E-state index in [0.717, 1.165) is 25.2 Å². The average Bonchev–Trinajstić information content (AvgIpc) is 2.45. The van der Waals surface area contributed by atoms with Gasteiger partial charge in [0, 0.05) is 12.4 Å². The van der Waals surface area contributed by atoms with Gasteiger partial charge < -0.3 is 4.74 Å². The van der Waals surface area contributed by atoms with E-state index < -0.39 is 0 Å². The van der Waals surface area contributed by atoms with E-state index >= 15 is 0 Å². The van der Waals surface area contributed by atoms with Crippen molar-refractivity contribution in [1.82, 2.24) is 4.98 Å². The van der Waals surface area contributed by atoms with Crippen molar-refractivity contribution >= 4 is 0 Å². The van der Waals surface area contributed by atoms with Crippen LogP contribution in [0, 0.1) is 0 Å². The summed E-state index contributed by atoms with van der Waals surface area (Å²) in [7, 11) is 0. The molecule has 0 saturated heterocycles. The molecule has 0 unspecified atom stereocenters. The van der Waals surface area contributed by atoms with E-state index in [2.05, 4.69) is 43.1 Å². The van der Waals surface area contributed by atoms with Crippen LogP contribution in [-0.4, -0.2) is 11.6 Å². The summed E-state index contributed by atoms with van der Waals surface area (Å²) in [6.45, 7) is 5.14. The Kier molecular flexibility index (Phi) is 4.96. The van der Waals surface area contributed by atoms with Crippen LogP contribution in [0.4, 0.5) is 0 Å². The quantitative estimate of drug-likeness (QED) is 0.721. The third kappa shape index (κ3) is 4.40. The van der Waals surface area contributed by atoms with Crippen molar-refractivity contribution < 1.29 is 4.74 Å².